The average Bonchev–Trinajstić information content (AvgIpc) is 3.35. The van der Waals surface area contributed by atoms with Gasteiger partial charge in [-0.25, -0.2) is 4.79 Å². The minimum Gasteiger partial charge on any atom is -0.458 e. The molecule has 0 amide bonds. The Hall–Kier alpha value is -2.12. The van der Waals surface area contributed by atoms with Crippen LogP contribution >= 0.6 is 0 Å². The minimum atomic E-state index is -0.262. The van der Waals surface area contributed by atoms with Crippen LogP contribution in [0.4, 0.5) is 0 Å². The predicted octanol–water partition coefficient (Wildman–Crippen LogP) is 6.76. The van der Waals surface area contributed by atoms with Gasteiger partial charge in [-0.2, -0.15) is 5.26 Å². The van der Waals surface area contributed by atoms with E-state index < -0.39 is 0 Å². The Morgan fingerprint density at radius 2 is 1.89 bits per heavy atom. The van der Waals surface area contributed by atoms with Gasteiger partial charge in [-0.05, 0) is 125 Å². The highest BCUT2D eigenvalue weighted by Gasteiger charge is 2.50. The zero-order chi connectivity index (χ0) is 24.6. The van der Waals surface area contributed by atoms with Crippen molar-refractivity contribution in [2.24, 2.45) is 29.1 Å². The summed E-state index contributed by atoms with van der Waals surface area (Å²) in [7, 11) is 2.34. The number of fused-ring (bicyclic) bond motifs is 6. The Morgan fingerprint density at radius 1 is 1.11 bits per heavy atom. The van der Waals surface area contributed by atoms with Crippen LogP contribution < -0.4 is 0 Å². The summed E-state index contributed by atoms with van der Waals surface area (Å²) in [6.45, 7) is 6.23. The van der Waals surface area contributed by atoms with Crippen molar-refractivity contribution in [1.82, 2.24) is 4.90 Å². The zero-order valence-electron chi connectivity index (χ0n) is 21.8. The molecule has 0 radical (unpaired) electrons. The van der Waals surface area contributed by atoms with Gasteiger partial charge >= 0.3 is 5.97 Å². The summed E-state index contributed by atoms with van der Waals surface area (Å²) in [6, 6.07) is 9.59. The first-order chi connectivity index (χ1) is 16.9. The fraction of sp³-hybridized carbons (Fsp3) is 0.677. The number of benzene rings is 1. The number of ether oxygens (including phenoxy) is 1. The number of carbonyl (C=O) groups excluding carboxylic acids is 1. The van der Waals surface area contributed by atoms with Crippen molar-refractivity contribution in [2.75, 3.05) is 13.6 Å². The van der Waals surface area contributed by atoms with Crippen molar-refractivity contribution in [1.29, 1.82) is 5.26 Å². The maximum atomic E-state index is 12.8. The molecule has 4 heteroatoms. The lowest BCUT2D eigenvalue weighted by molar-refractivity contribution is -0.000594. The third-order valence-corrected chi connectivity index (χ3v) is 10.4. The number of rotatable bonds is 2. The number of nitrogens with zero attached hydrogens (tertiary/aromatic N) is 2. The molecule has 0 aromatic heterocycles. The van der Waals surface area contributed by atoms with Crippen molar-refractivity contribution in [3.8, 4) is 6.07 Å². The normalized spacial score (nSPS) is 37.7. The lowest BCUT2D eigenvalue weighted by atomic mass is 9.53. The van der Waals surface area contributed by atoms with Crippen LogP contribution in [0.25, 0.3) is 0 Å². The summed E-state index contributed by atoms with van der Waals surface area (Å²) in [4.78, 5) is 15.4. The summed E-state index contributed by atoms with van der Waals surface area (Å²) in [5, 5.41) is 9.00. The Kier molecular flexibility index (Phi) is 7.09. The molecular formula is C31H42N2O2. The number of hydrogen-bond acceptors (Lipinski definition) is 4. The van der Waals surface area contributed by atoms with Crippen molar-refractivity contribution in [3.63, 3.8) is 0 Å². The number of carbonyl (C=O) groups is 1. The molecule has 188 valence electrons. The van der Waals surface area contributed by atoms with Gasteiger partial charge in [-0.1, -0.05) is 25.0 Å². The second-order valence-electron chi connectivity index (χ2n) is 12.2. The molecule has 4 nitrogen and oxygen atoms in total. The number of hydrogen-bond donors (Lipinski definition) is 0. The van der Waals surface area contributed by atoms with Gasteiger partial charge in [0.25, 0.3) is 0 Å². The molecule has 1 heterocycles. The molecule has 2 saturated carbocycles. The average molecular weight is 475 g/mol. The summed E-state index contributed by atoms with van der Waals surface area (Å²) in [5.74, 6) is 3.06. The Balaban J connectivity index is 1.30. The topological polar surface area (TPSA) is 53.3 Å². The van der Waals surface area contributed by atoms with Crippen LogP contribution in [0.15, 0.2) is 35.9 Å². The largest absolute Gasteiger partial charge is 0.458 e. The van der Waals surface area contributed by atoms with Crippen LogP contribution in [0.5, 0.6) is 0 Å². The fourth-order valence-electron chi connectivity index (χ4n) is 8.08. The monoisotopic (exact) mass is 474 g/mol. The standard InChI is InChI=1S/C31H42N2O2/c1-21-24-11-12-25(18-24)28-14-13-26-19-27(35-30(34)23-9-7-22(20-32)8-10-23)15-16-31(26,2)29(28)6-4-5-17-33(21)3/h7-10,13,21,24-25,27-29H,4-6,11-12,14-19H2,1-3H3/t21-,24-,25+,27-,28-,29-,31-/m0/s1. The summed E-state index contributed by atoms with van der Waals surface area (Å²) in [6.07, 6.45) is 14.9. The van der Waals surface area contributed by atoms with E-state index in [1.165, 1.54) is 51.5 Å². The summed E-state index contributed by atoms with van der Waals surface area (Å²) >= 11 is 0. The van der Waals surface area contributed by atoms with Crippen molar-refractivity contribution in [2.45, 2.75) is 90.2 Å². The molecular weight excluding hydrogens is 432 g/mol. The van der Waals surface area contributed by atoms with Gasteiger partial charge in [-0.3, -0.25) is 0 Å². The number of esters is 1. The van der Waals surface area contributed by atoms with Gasteiger partial charge in [-0.15, -0.1) is 0 Å². The van der Waals surface area contributed by atoms with E-state index in [0.29, 0.717) is 17.2 Å². The van der Waals surface area contributed by atoms with E-state index in [4.69, 9.17) is 10.00 Å². The Bertz CT molecular complexity index is 992. The molecule has 3 fully saturated rings. The molecule has 1 aromatic carbocycles. The van der Waals surface area contributed by atoms with Gasteiger partial charge < -0.3 is 9.64 Å². The summed E-state index contributed by atoms with van der Waals surface area (Å²) in [5.41, 5.74) is 2.91. The second kappa shape index (κ2) is 10.1. The molecule has 3 aliphatic carbocycles. The quantitative estimate of drug-likeness (QED) is 0.351. The maximum absolute atomic E-state index is 12.8. The van der Waals surface area contributed by atoms with E-state index in [1.807, 2.05) is 0 Å². The van der Waals surface area contributed by atoms with Crippen LogP contribution in [0.2, 0.25) is 0 Å². The molecule has 0 spiro atoms. The second-order valence-corrected chi connectivity index (χ2v) is 12.2. The molecule has 4 aliphatic rings. The lowest BCUT2D eigenvalue weighted by Gasteiger charge is -2.52. The van der Waals surface area contributed by atoms with Crippen molar-refractivity contribution >= 4 is 5.97 Å². The van der Waals surface area contributed by atoms with Crippen molar-refractivity contribution < 1.29 is 9.53 Å². The fourth-order valence-corrected chi connectivity index (χ4v) is 8.08. The summed E-state index contributed by atoms with van der Waals surface area (Å²) < 4.78 is 5.98. The molecule has 7 atom stereocenters. The Morgan fingerprint density at radius 3 is 2.66 bits per heavy atom. The molecule has 1 saturated heterocycles. The molecule has 5 rings (SSSR count). The molecule has 0 unspecified atom stereocenters. The predicted molar refractivity (Wildman–Crippen MR) is 139 cm³/mol. The lowest BCUT2D eigenvalue weighted by Crippen LogP contribution is -2.44. The van der Waals surface area contributed by atoms with E-state index in [2.05, 4.69) is 37.9 Å². The molecule has 0 N–H and O–H groups in total. The third-order valence-electron chi connectivity index (χ3n) is 10.4. The van der Waals surface area contributed by atoms with Crippen LogP contribution in [-0.2, 0) is 4.74 Å². The molecule has 1 aromatic rings. The number of allylic oxidation sites excluding steroid dienone is 1. The van der Waals surface area contributed by atoms with Gasteiger partial charge in [0.15, 0.2) is 0 Å². The van der Waals surface area contributed by atoms with Crippen LogP contribution in [0.3, 0.4) is 0 Å². The first kappa shape index (κ1) is 24.6. The highest BCUT2D eigenvalue weighted by Crippen LogP contribution is 2.58. The molecule has 1 aliphatic heterocycles. The maximum Gasteiger partial charge on any atom is 0.338 e. The van der Waals surface area contributed by atoms with E-state index in [-0.39, 0.29) is 17.5 Å². The van der Waals surface area contributed by atoms with E-state index in [9.17, 15) is 4.79 Å². The molecule has 2 bridgehead atoms. The SMILES string of the molecule is C[C@H]1[C@H]2CC[C@H](C2)[C@@H]2CC=C3C[C@@H](OC(=O)c4ccc(C#N)cc4)CC[C@]3(C)[C@H]2CCCCN1C. The molecule has 35 heavy (non-hydrogen) atoms. The first-order valence-corrected chi connectivity index (χ1v) is 14.0. The Labute approximate surface area is 211 Å². The highest BCUT2D eigenvalue weighted by molar-refractivity contribution is 5.89. The van der Waals surface area contributed by atoms with Gasteiger partial charge in [0.05, 0.1) is 17.2 Å². The van der Waals surface area contributed by atoms with Crippen LogP contribution in [0, 0.1) is 40.4 Å². The van der Waals surface area contributed by atoms with Crippen LogP contribution in [0.1, 0.15) is 94.0 Å². The number of nitriles is 1. The van der Waals surface area contributed by atoms with Gasteiger partial charge in [0.1, 0.15) is 6.10 Å². The van der Waals surface area contributed by atoms with E-state index in [1.54, 1.807) is 29.8 Å². The first-order valence-electron chi connectivity index (χ1n) is 14.0. The van der Waals surface area contributed by atoms with E-state index >= 15 is 0 Å². The minimum absolute atomic E-state index is 0.0397. The van der Waals surface area contributed by atoms with Crippen LogP contribution in [-0.4, -0.2) is 36.6 Å². The zero-order valence-corrected chi connectivity index (χ0v) is 21.8. The van der Waals surface area contributed by atoms with E-state index in [0.717, 1.165) is 42.9 Å². The smallest absolute Gasteiger partial charge is 0.338 e. The van der Waals surface area contributed by atoms with Gasteiger partial charge in [0, 0.05) is 12.5 Å². The third kappa shape index (κ3) is 4.82. The van der Waals surface area contributed by atoms with Crippen molar-refractivity contribution in [3.05, 3.63) is 47.0 Å². The highest BCUT2D eigenvalue weighted by atomic mass is 16.5. The van der Waals surface area contributed by atoms with Gasteiger partial charge in [0.2, 0.25) is 0 Å².